The fourth-order valence-corrected chi connectivity index (χ4v) is 3.97. The molecule has 0 bridgehead atoms. The molecule has 1 aliphatic rings. The van der Waals surface area contributed by atoms with Gasteiger partial charge in [-0.1, -0.05) is 42.5 Å². The van der Waals surface area contributed by atoms with Crippen LogP contribution in [0.1, 0.15) is 15.2 Å². The predicted octanol–water partition coefficient (Wildman–Crippen LogP) is 3.98. The maximum absolute atomic E-state index is 12.4. The van der Waals surface area contributed by atoms with E-state index in [0.717, 1.165) is 41.4 Å². The summed E-state index contributed by atoms with van der Waals surface area (Å²) in [6, 6.07) is 14.2. The third kappa shape index (κ3) is 4.53. The number of nitrogens with zero attached hydrogens (tertiary/aromatic N) is 2. The Morgan fingerprint density at radius 3 is 2.48 bits per heavy atom. The molecule has 1 aliphatic heterocycles. The van der Waals surface area contributed by atoms with E-state index in [-0.39, 0.29) is 5.91 Å². The number of rotatable bonds is 4. The van der Waals surface area contributed by atoms with Crippen LogP contribution in [0.4, 0.5) is 0 Å². The number of amides is 1. The summed E-state index contributed by atoms with van der Waals surface area (Å²) in [5.74, 6) is 0.153. The molecule has 23 heavy (non-hydrogen) atoms. The molecule has 1 fully saturated rings. The second-order valence-corrected chi connectivity index (χ2v) is 7.97. The van der Waals surface area contributed by atoms with Gasteiger partial charge in [0.2, 0.25) is 0 Å². The third-order valence-corrected chi connectivity index (χ3v) is 5.53. The van der Waals surface area contributed by atoms with Gasteiger partial charge in [-0.25, -0.2) is 0 Å². The van der Waals surface area contributed by atoms with Crippen molar-refractivity contribution in [3.8, 4) is 0 Å². The van der Waals surface area contributed by atoms with Crippen LogP contribution in [0.2, 0.25) is 0 Å². The zero-order valence-corrected chi connectivity index (χ0v) is 15.2. The van der Waals surface area contributed by atoms with Gasteiger partial charge in [0.1, 0.15) is 0 Å². The molecule has 2 aromatic rings. The molecule has 5 heteroatoms. The maximum atomic E-state index is 12.4. The van der Waals surface area contributed by atoms with Crippen molar-refractivity contribution in [3.05, 3.63) is 62.8 Å². The van der Waals surface area contributed by atoms with Crippen molar-refractivity contribution in [1.82, 2.24) is 9.80 Å². The molecule has 120 valence electrons. The highest BCUT2D eigenvalue weighted by molar-refractivity contribution is 9.11. The van der Waals surface area contributed by atoms with Crippen molar-refractivity contribution >= 4 is 39.2 Å². The van der Waals surface area contributed by atoms with Crippen LogP contribution in [-0.2, 0) is 0 Å². The second kappa shape index (κ2) is 7.90. The Morgan fingerprint density at radius 2 is 1.83 bits per heavy atom. The largest absolute Gasteiger partial charge is 0.335 e. The van der Waals surface area contributed by atoms with E-state index in [1.165, 1.54) is 16.9 Å². The van der Waals surface area contributed by atoms with Gasteiger partial charge in [-0.05, 0) is 33.6 Å². The van der Waals surface area contributed by atoms with Crippen LogP contribution in [-0.4, -0.2) is 48.4 Å². The molecule has 2 heterocycles. The zero-order chi connectivity index (χ0) is 16.1. The van der Waals surface area contributed by atoms with Gasteiger partial charge >= 0.3 is 0 Å². The molecule has 0 unspecified atom stereocenters. The van der Waals surface area contributed by atoms with Crippen LogP contribution < -0.4 is 0 Å². The first-order chi connectivity index (χ1) is 11.2. The highest BCUT2D eigenvalue weighted by Crippen LogP contribution is 2.23. The minimum Gasteiger partial charge on any atom is -0.335 e. The van der Waals surface area contributed by atoms with E-state index in [9.17, 15) is 4.79 Å². The molecule has 0 N–H and O–H groups in total. The number of thiophene rings is 1. The van der Waals surface area contributed by atoms with E-state index in [0.29, 0.717) is 0 Å². The minimum atomic E-state index is 0.153. The number of benzene rings is 1. The first-order valence-corrected chi connectivity index (χ1v) is 9.32. The molecular formula is C18H19BrN2OS. The number of hydrogen-bond donors (Lipinski definition) is 0. The lowest BCUT2D eigenvalue weighted by Crippen LogP contribution is -2.48. The molecule has 0 atom stereocenters. The SMILES string of the molecule is O=C(c1ccc(Br)s1)N1CCN(C/C=C/c2ccccc2)CC1. The average molecular weight is 391 g/mol. The summed E-state index contributed by atoms with van der Waals surface area (Å²) >= 11 is 4.92. The quantitative estimate of drug-likeness (QED) is 0.787. The summed E-state index contributed by atoms with van der Waals surface area (Å²) in [6.07, 6.45) is 4.35. The second-order valence-electron chi connectivity index (χ2n) is 5.51. The van der Waals surface area contributed by atoms with Crippen molar-refractivity contribution in [1.29, 1.82) is 0 Å². The summed E-state index contributed by atoms with van der Waals surface area (Å²) in [5.41, 5.74) is 1.23. The van der Waals surface area contributed by atoms with Gasteiger partial charge < -0.3 is 4.90 Å². The zero-order valence-electron chi connectivity index (χ0n) is 12.8. The lowest BCUT2D eigenvalue weighted by molar-refractivity contribution is 0.0655. The molecule has 0 saturated carbocycles. The first-order valence-electron chi connectivity index (χ1n) is 7.71. The Morgan fingerprint density at radius 1 is 1.09 bits per heavy atom. The van der Waals surface area contributed by atoms with Crippen molar-refractivity contribution in [2.75, 3.05) is 32.7 Å². The molecular weight excluding hydrogens is 372 g/mol. The standard InChI is InChI=1S/C18H19BrN2OS/c19-17-9-8-16(23-17)18(22)21-13-11-20(12-14-21)10-4-7-15-5-2-1-3-6-15/h1-9H,10-14H2/b7-4+. The monoisotopic (exact) mass is 390 g/mol. The van der Waals surface area contributed by atoms with E-state index < -0.39 is 0 Å². The summed E-state index contributed by atoms with van der Waals surface area (Å²) in [5, 5.41) is 0. The van der Waals surface area contributed by atoms with Crippen LogP contribution in [0.15, 0.2) is 52.3 Å². The summed E-state index contributed by atoms with van der Waals surface area (Å²) in [7, 11) is 0. The highest BCUT2D eigenvalue weighted by atomic mass is 79.9. The summed E-state index contributed by atoms with van der Waals surface area (Å²) in [6.45, 7) is 4.39. The topological polar surface area (TPSA) is 23.6 Å². The van der Waals surface area contributed by atoms with E-state index in [1.807, 2.05) is 35.2 Å². The van der Waals surface area contributed by atoms with Gasteiger partial charge in [-0.2, -0.15) is 0 Å². The first kappa shape index (κ1) is 16.4. The Bertz CT molecular complexity index is 675. The van der Waals surface area contributed by atoms with Crippen LogP contribution in [0.25, 0.3) is 6.08 Å². The van der Waals surface area contributed by atoms with Gasteiger partial charge in [0.05, 0.1) is 8.66 Å². The van der Waals surface area contributed by atoms with Crippen LogP contribution in [0, 0.1) is 0 Å². The van der Waals surface area contributed by atoms with Gasteiger partial charge in [0, 0.05) is 32.7 Å². The molecule has 0 spiro atoms. The Hall–Kier alpha value is -1.43. The van der Waals surface area contributed by atoms with Crippen LogP contribution >= 0.6 is 27.3 Å². The van der Waals surface area contributed by atoms with Gasteiger partial charge in [0.25, 0.3) is 5.91 Å². The van der Waals surface area contributed by atoms with Crippen LogP contribution in [0.3, 0.4) is 0 Å². The van der Waals surface area contributed by atoms with Crippen molar-refractivity contribution in [2.45, 2.75) is 0 Å². The Labute approximate surface area is 149 Å². The third-order valence-electron chi connectivity index (χ3n) is 3.92. The Kier molecular flexibility index (Phi) is 5.65. The minimum absolute atomic E-state index is 0.153. The van der Waals surface area contributed by atoms with Crippen molar-refractivity contribution < 1.29 is 4.79 Å². The normalized spacial score (nSPS) is 16.1. The molecule has 1 amide bonds. The van der Waals surface area contributed by atoms with E-state index in [2.05, 4.69) is 45.1 Å². The summed E-state index contributed by atoms with van der Waals surface area (Å²) < 4.78 is 1.01. The predicted molar refractivity (Wildman–Crippen MR) is 99.8 cm³/mol. The van der Waals surface area contributed by atoms with E-state index in [1.54, 1.807) is 0 Å². The number of carbonyl (C=O) groups is 1. The highest BCUT2D eigenvalue weighted by Gasteiger charge is 2.22. The fraction of sp³-hybridized carbons (Fsp3) is 0.278. The molecule has 0 radical (unpaired) electrons. The van der Waals surface area contributed by atoms with E-state index in [4.69, 9.17) is 0 Å². The van der Waals surface area contributed by atoms with Gasteiger partial charge in [0.15, 0.2) is 0 Å². The maximum Gasteiger partial charge on any atom is 0.264 e. The Balaban J connectivity index is 1.47. The molecule has 0 aliphatic carbocycles. The lowest BCUT2D eigenvalue weighted by Gasteiger charge is -2.33. The van der Waals surface area contributed by atoms with E-state index >= 15 is 0 Å². The van der Waals surface area contributed by atoms with Crippen molar-refractivity contribution in [2.24, 2.45) is 0 Å². The van der Waals surface area contributed by atoms with Gasteiger partial charge in [-0.15, -0.1) is 11.3 Å². The fourth-order valence-electron chi connectivity index (χ4n) is 2.62. The average Bonchev–Trinajstić information content (AvgIpc) is 3.02. The molecule has 3 rings (SSSR count). The number of hydrogen-bond acceptors (Lipinski definition) is 3. The smallest absolute Gasteiger partial charge is 0.264 e. The van der Waals surface area contributed by atoms with Crippen LogP contribution in [0.5, 0.6) is 0 Å². The lowest BCUT2D eigenvalue weighted by atomic mass is 10.2. The molecule has 1 aromatic heterocycles. The number of carbonyl (C=O) groups excluding carboxylic acids is 1. The molecule has 3 nitrogen and oxygen atoms in total. The number of halogens is 1. The van der Waals surface area contributed by atoms with Gasteiger partial charge in [-0.3, -0.25) is 9.69 Å². The molecule has 1 aromatic carbocycles. The summed E-state index contributed by atoms with van der Waals surface area (Å²) in [4.78, 5) is 17.6. The number of piperazine rings is 1. The van der Waals surface area contributed by atoms with Crippen molar-refractivity contribution in [3.63, 3.8) is 0 Å². The molecule has 1 saturated heterocycles.